The minimum Gasteiger partial charge on any atom is -0.680 e. The van der Waals surface area contributed by atoms with E-state index in [9.17, 15) is 10.2 Å². The number of phenolic OH excluding ortho intramolecular Hbond substituents is 1. The SMILES string of the molecule is OC1CCCCC1c1nc(C2CCCC[N-]2)c2ccccn12.Oc1ccccc1-c1nc(C2C=CC=C[N-]2)c2ccccn12.[Cu+]. The molecule has 5 aromatic rings. The summed E-state index contributed by atoms with van der Waals surface area (Å²) in [5.74, 6) is 2.15. The zero-order valence-electron chi connectivity index (χ0n) is 25.1. The second-order valence-electron chi connectivity index (χ2n) is 11.8. The van der Waals surface area contributed by atoms with Crippen molar-refractivity contribution in [2.75, 3.05) is 6.54 Å². The van der Waals surface area contributed by atoms with Gasteiger partial charge < -0.3 is 25.2 Å². The van der Waals surface area contributed by atoms with Crippen molar-refractivity contribution in [2.45, 2.75) is 69.1 Å². The number of benzene rings is 1. The van der Waals surface area contributed by atoms with Gasteiger partial charge >= 0.3 is 17.1 Å². The number of allylic oxidation sites excluding steroid dienone is 2. The molecule has 0 amide bonds. The number of pyridine rings is 2. The van der Waals surface area contributed by atoms with Gasteiger partial charge in [-0.25, -0.2) is 9.97 Å². The second kappa shape index (κ2) is 14.0. The molecule has 236 valence electrons. The van der Waals surface area contributed by atoms with Crippen LogP contribution in [0.1, 0.15) is 80.2 Å². The number of aliphatic hydroxyl groups excluding tert-OH is 1. The molecule has 4 aromatic heterocycles. The number of aromatic nitrogens is 4. The number of hydrogen-bond acceptors (Lipinski definition) is 4. The maximum absolute atomic E-state index is 10.4. The molecule has 0 radical (unpaired) electrons. The first-order valence-electron chi connectivity index (χ1n) is 15.8. The summed E-state index contributed by atoms with van der Waals surface area (Å²) >= 11 is 0. The molecule has 45 heavy (non-hydrogen) atoms. The predicted octanol–water partition coefficient (Wildman–Crippen LogP) is 8.15. The Kier molecular flexibility index (Phi) is 9.71. The van der Waals surface area contributed by atoms with Gasteiger partial charge in [0.05, 0.1) is 28.4 Å². The Labute approximate surface area is 274 Å². The van der Waals surface area contributed by atoms with Crippen molar-refractivity contribution in [3.05, 3.63) is 125 Å². The molecule has 2 fully saturated rings. The number of imidazole rings is 2. The zero-order chi connectivity index (χ0) is 29.9. The van der Waals surface area contributed by atoms with Gasteiger partial charge in [-0.2, -0.15) is 6.20 Å². The molecule has 9 heteroatoms. The third-order valence-corrected chi connectivity index (χ3v) is 8.96. The standard InChI is InChI=1S/C18H24N3O.C18H14N3O.Cu/c2*22-16-10-2-1-7-13(16)18-20-17(14-8-3-5-11-19-14)15-9-4-6-12-21(15)18;/h4,6,9,12-14,16,22H,1-3,5,7-8,10-11H2;1-12,14H,(H,20,22);/q2*-1;+1. The molecule has 1 aliphatic carbocycles. The number of phenols is 1. The zero-order valence-corrected chi connectivity index (χ0v) is 26.0. The Morgan fingerprint density at radius 2 is 1.49 bits per heavy atom. The maximum Gasteiger partial charge on any atom is 1.00 e. The quantitative estimate of drug-likeness (QED) is 0.192. The van der Waals surface area contributed by atoms with E-state index in [4.69, 9.17) is 15.3 Å². The molecule has 2 aliphatic heterocycles. The minimum atomic E-state index is -0.254. The Morgan fingerprint density at radius 3 is 2.22 bits per heavy atom. The molecule has 4 atom stereocenters. The molecule has 1 saturated heterocycles. The summed E-state index contributed by atoms with van der Waals surface area (Å²) in [4.78, 5) is 9.76. The summed E-state index contributed by atoms with van der Waals surface area (Å²) in [5, 5.41) is 29.8. The smallest absolute Gasteiger partial charge is 0.680 e. The predicted molar refractivity (Wildman–Crippen MR) is 174 cm³/mol. The van der Waals surface area contributed by atoms with E-state index in [0.29, 0.717) is 5.56 Å². The topological polar surface area (TPSA) is 103 Å². The van der Waals surface area contributed by atoms with Crippen molar-refractivity contribution < 1.29 is 27.3 Å². The van der Waals surface area contributed by atoms with Crippen molar-refractivity contribution in [2.24, 2.45) is 0 Å². The molecule has 8 rings (SSSR count). The van der Waals surface area contributed by atoms with Gasteiger partial charge in [0.25, 0.3) is 0 Å². The van der Waals surface area contributed by atoms with Gasteiger partial charge in [0.2, 0.25) is 0 Å². The van der Waals surface area contributed by atoms with E-state index in [-0.39, 0.29) is 46.9 Å². The summed E-state index contributed by atoms with van der Waals surface area (Å²) in [5.41, 5.74) is 4.89. The molecule has 3 aliphatic rings. The molecule has 8 nitrogen and oxygen atoms in total. The van der Waals surface area contributed by atoms with Crippen molar-refractivity contribution in [3.8, 4) is 17.1 Å². The first-order valence-corrected chi connectivity index (χ1v) is 15.8. The maximum atomic E-state index is 10.4. The van der Waals surface area contributed by atoms with Gasteiger partial charge in [-0.05, 0) is 49.2 Å². The summed E-state index contributed by atoms with van der Waals surface area (Å²) in [6.45, 7) is 0.956. The third-order valence-electron chi connectivity index (χ3n) is 8.96. The van der Waals surface area contributed by atoms with Gasteiger partial charge in [-0.3, -0.25) is 4.40 Å². The second-order valence-corrected chi connectivity index (χ2v) is 11.8. The fourth-order valence-corrected chi connectivity index (χ4v) is 6.72. The average molecular weight is 650 g/mol. The Balaban J connectivity index is 0.000000155. The van der Waals surface area contributed by atoms with Crippen LogP contribution in [0.5, 0.6) is 5.75 Å². The molecule has 2 N–H and O–H groups in total. The van der Waals surface area contributed by atoms with Gasteiger partial charge in [0.1, 0.15) is 17.4 Å². The van der Waals surface area contributed by atoms with Crippen LogP contribution < -0.4 is 0 Å². The molecule has 4 unspecified atom stereocenters. The fraction of sp³-hybridized carbons (Fsp3) is 0.333. The Hall–Kier alpha value is -3.88. The monoisotopic (exact) mass is 649 g/mol. The van der Waals surface area contributed by atoms with Crippen LogP contribution in [-0.2, 0) is 17.1 Å². The van der Waals surface area contributed by atoms with Crippen LogP contribution in [-0.4, -0.2) is 41.6 Å². The summed E-state index contributed by atoms with van der Waals surface area (Å²) in [6.07, 6.45) is 19.3. The number of hydrogen-bond donors (Lipinski definition) is 2. The molecule has 0 spiro atoms. The van der Waals surface area contributed by atoms with Gasteiger partial charge in [-0.15, -0.1) is 6.54 Å². The van der Waals surface area contributed by atoms with Crippen LogP contribution in [0.2, 0.25) is 0 Å². The number of para-hydroxylation sites is 1. The van der Waals surface area contributed by atoms with E-state index < -0.39 is 0 Å². The number of piperidine rings is 1. The normalized spacial score (nSPS) is 22.8. The van der Waals surface area contributed by atoms with E-state index in [0.717, 1.165) is 60.8 Å². The first-order chi connectivity index (χ1) is 21.7. The molecule has 1 aromatic carbocycles. The van der Waals surface area contributed by atoms with Crippen LogP contribution in [0.3, 0.4) is 0 Å². The van der Waals surface area contributed by atoms with Gasteiger partial charge in [0.15, 0.2) is 0 Å². The average Bonchev–Trinajstić information content (AvgIpc) is 3.66. The minimum absolute atomic E-state index is 0. The third kappa shape index (κ3) is 6.31. The molecule has 6 heterocycles. The number of rotatable bonds is 4. The largest absolute Gasteiger partial charge is 1.00 e. The number of fused-ring (bicyclic) bond motifs is 2. The van der Waals surface area contributed by atoms with E-state index in [1.165, 1.54) is 24.8 Å². The molecule has 1 saturated carbocycles. The van der Waals surface area contributed by atoms with E-state index in [1.807, 2.05) is 59.2 Å². The first kappa shape index (κ1) is 31.1. The van der Waals surface area contributed by atoms with Crippen LogP contribution in [0.25, 0.3) is 33.1 Å². The fourth-order valence-electron chi connectivity index (χ4n) is 6.72. The number of aliphatic hydroxyl groups is 1. The molecule has 0 bridgehead atoms. The Morgan fingerprint density at radius 1 is 0.756 bits per heavy atom. The van der Waals surface area contributed by atoms with E-state index >= 15 is 0 Å². The van der Waals surface area contributed by atoms with E-state index in [1.54, 1.807) is 18.3 Å². The van der Waals surface area contributed by atoms with Crippen LogP contribution in [0.15, 0.2) is 97.5 Å². The van der Waals surface area contributed by atoms with Gasteiger partial charge in [-0.1, -0.05) is 86.7 Å². The number of aromatic hydroxyl groups is 1. The van der Waals surface area contributed by atoms with E-state index in [2.05, 4.69) is 34.1 Å². The van der Waals surface area contributed by atoms with Crippen LogP contribution >= 0.6 is 0 Å². The van der Waals surface area contributed by atoms with Crippen molar-refractivity contribution >= 4 is 11.0 Å². The molecular weight excluding hydrogens is 612 g/mol. The summed E-state index contributed by atoms with van der Waals surface area (Å²) in [6, 6.07) is 19.6. The summed E-state index contributed by atoms with van der Waals surface area (Å²) < 4.78 is 4.19. The van der Waals surface area contributed by atoms with Crippen LogP contribution in [0, 0.1) is 0 Å². The number of nitrogens with zero attached hydrogens (tertiary/aromatic N) is 6. The van der Waals surface area contributed by atoms with Crippen molar-refractivity contribution in [1.29, 1.82) is 0 Å². The van der Waals surface area contributed by atoms with Crippen molar-refractivity contribution in [1.82, 2.24) is 18.8 Å². The molecular formula is C36H38CuN6O2-. The van der Waals surface area contributed by atoms with Gasteiger partial charge in [0, 0.05) is 24.0 Å². The summed E-state index contributed by atoms with van der Waals surface area (Å²) in [7, 11) is 0. The Bertz CT molecular complexity index is 1800. The van der Waals surface area contributed by atoms with Crippen LogP contribution in [0.4, 0.5) is 0 Å². The van der Waals surface area contributed by atoms with Crippen molar-refractivity contribution in [3.63, 3.8) is 0 Å².